The molecule has 1 aliphatic heterocycles. The highest BCUT2D eigenvalue weighted by atomic mass is 16.5. The molecule has 3 nitrogen and oxygen atoms in total. The predicted molar refractivity (Wildman–Crippen MR) is 249 cm³/mol. The van der Waals surface area contributed by atoms with Crippen molar-refractivity contribution in [1.82, 2.24) is 0 Å². The standard InChI is InChI=1S/C53H92N2O/c1-5-9-11-13-15-17-19-21-23-25-27-29-31-33-35-37-43-54(7-3)50-41-39-48-45-49-40-42-51(47-53(49)56-52(48)46-50)55(8-4)44-38-36-34-32-30-28-26-24-22-20-18-16-14-12-10-6-2/h39-42,45-47,50H,5-38,43-44H2,1-4H3/p+1. The molecule has 1 aromatic rings. The molecule has 0 aromatic heterocycles. The molecule has 2 atom stereocenters. The lowest BCUT2D eigenvalue weighted by atomic mass is 9.97. The van der Waals surface area contributed by atoms with Gasteiger partial charge in [-0.3, -0.25) is 0 Å². The lowest BCUT2D eigenvalue weighted by Gasteiger charge is -2.29. The zero-order valence-corrected chi connectivity index (χ0v) is 37.9. The molecular weight excluding hydrogens is 681 g/mol. The first-order chi connectivity index (χ1) is 27.7. The number of ether oxygens (including phenoxy) is 1. The molecule has 0 fully saturated rings. The molecular formula is C53H93N2O+. The molecule has 0 radical (unpaired) electrons. The van der Waals surface area contributed by atoms with Crippen molar-refractivity contribution in [3.63, 3.8) is 0 Å². The Balaban J connectivity index is 1.26. The van der Waals surface area contributed by atoms with Gasteiger partial charge in [-0.15, -0.1) is 0 Å². The third-order valence-corrected chi connectivity index (χ3v) is 12.9. The van der Waals surface area contributed by atoms with E-state index in [2.05, 4.69) is 75.1 Å². The Morgan fingerprint density at radius 2 is 0.982 bits per heavy atom. The number of likely N-dealkylation sites (N-methyl/N-ethyl adjacent to an activating group) is 1. The Morgan fingerprint density at radius 3 is 1.43 bits per heavy atom. The average Bonchev–Trinajstić information content (AvgIpc) is 3.22. The van der Waals surface area contributed by atoms with E-state index in [0.29, 0.717) is 6.04 Å². The van der Waals surface area contributed by atoms with Crippen LogP contribution in [0.2, 0.25) is 0 Å². The Kier molecular flexibility index (Phi) is 28.4. The second kappa shape index (κ2) is 32.9. The number of fused-ring (bicyclic) bond motifs is 2. The largest absolute Gasteiger partial charge is 0.456 e. The summed E-state index contributed by atoms with van der Waals surface area (Å²) >= 11 is 0. The Hall–Kier alpha value is -2.00. The molecule has 1 heterocycles. The number of nitrogens with zero attached hydrogens (tertiary/aromatic N) is 1. The summed E-state index contributed by atoms with van der Waals surface area (Å²) in [6.45, 7) is 13.8. The monoisotopic (exact) mass is 774 g/mol. The highest BCUT2D eigenvalue weighted by Crippen LogP contribution is 2.36. The van der Waals surface area contributed by atoms with Crippen LogP contribution in [0.4, 0.5) is 5.69 Å². The van der Waals surface area contributed by atoms with Crippen molar-refractivity contribution in [2.24, 2.45) is 0 Å². The van der Waals surface area contributed by atoms with Crippen molar-refractivity contribution >= 4 is 11.8 Å². The first-order valence-corrected chi connectivity index (χ1v) is 25.2. The highest BCUT2D eigenvalue weighted by molar-refractivity contribution is 5.73. The number of benzene rings is 1. The topological polar surface area (TPSA) is 16.9 Å². The molecule has 1 N–H and O–H groups in total. The van der Waals surface area contributed by atoms with Gasteiger partial charge in [0.1, 0.15) is 17.6 Å². The van der Waals surface area contributed by atoms with E-state index in [4.69, 9.17) is 4.74 Å². The van der Waals surface area contributed by atoms with Gasteiger partial charge in [-0.1, -0.05) is 200 Å². The quantitative estimate of drug-likeness (QED) is 0.0674. The summed E-state index contributed by atoms with van der Waals surface area (Å²) in [5, 5.41) is 0. The summed E-state index contributed by atoms with van der Waals surface area (Å²) in [6, 6.07) is 7.27. The summed E-state index contributed by atoms with van der Waals surface area (Å²) in [4.78, 5) is 4.21. The number of rotatable bonds is 38. The van der Waals surface area contributed by atoms with E-state index >= 15 is 0 Å². The van der Waals surface area contributed by atoms with Crippen LogP contribution in [-0.2, 0) is 0 Å². The van der Waals surface area contributed by atoms with Gasteiger partial charge in [0, 0.05) is 42.1 Å². The van der Waals surface area contributed by atoms with Crippen molar-refractivity contribution in [3.8, 4) is 5.75 Å². The van der Waals surface area contributed by atoms with Crippen LogP contribution in [0.15, 0.2) is 47.8 Å². The van der Waals surface area contributed by atoms with Gasteiger partial charge in [-0.2, -0.15) is 0 Å². The maximum atomic E-state index is 6.67. The summed E-state index contributed by atoms with van der Waals surface area (Å²) in [5.41, 5.74) is 3.73. The molecule has 2 aliphatic rings. The van der Waals surface area contributed by atoms with Crippen LogP contribution in [-0.4, -0.2) is 32.2 Å². The van der Waals surface area contributed by atoms with Gasteiger partial charge in [-0.05, 0) is 63.5 Å². The molecule has 1 aliphatic carbocycles. The number of anilines is 1. The third kappa shape index (κ3) is 21.1. The number of hydrogen-bond donors (Lipinski definition) is 1. The first kappa shape index (κ1) is 48.4. The molecule has 0 spiro atoms. The number of unbranched alkanes of at least 4 members (excludes halogenated alkanes) is 30. The molecule has 56 heavy (non-hydrogen) atoms. The zero-order chi connectivity index (χ0) is 39.7. The molecule has 3 rings (SSSR count). The van der Waals surface area contributed by atoms with E-state index in [1.165, 1.54) is 229 Å². The molecule has 3 heteroatoms. The molecule has 0 amide bonds. The first-order valence-electron chi connectivity index (χ1n) is 25.2. The van der Waals surface area contributed by atoms with E-state index in [1.54, 1.807) is 4.90 Å². The summed E-state index contributed by atoms with van der Waals surface area (Å²) in [7, 11) is 0. The normalized spacial score (nSPS) is 15.2. The van der Waals surface area contributed by atoms with Gasteiger partial charge < -0.3 is 14.5 Å². The van der Waals surface area contributed by atoms with Gasteiger partial charge in [0.15, 0.2) is 0 Å². The second-order valence-electron chi connectivity index (χ2n) is 17.8. The van der Waals surface area contributed by atoms with Crippen LogP contribution < -0.4 is 14.5 Å². The highest BCUT2D eigenvalue weighted by Gasteiger charge is 2.25. The van der Waals surface area contributed by atoms with E-state index < -0.39 is 0 Å². The Bertz CT molecular complexity index is 1180. The minimum Gasteiger partial charge on any atom is -0.456 e. The van der Waals surface area contributed by atoms with Crippen LogP contribution in [0.25, 0.3) is 6.08 Å². The summed E-state index contributed by atoms with van der Waals surface area (Å²) in [6.07, 6.45) is 55.0. The number of quaternary nitrogens is 1. The van der Waals surface area contributed by atoms with Crippen molar-refractivity contribution < 1.29 is 9.64 Å². The SMILES string of the molecule is CCCCCCCCCCCCCCCCCCN(CC)c1ccc2c(c1)OC1=CC([NH+](CC)CCCCCCCCCCCCCCCCCC)C=CC1=C2. The summed E-state index contributed by atoms with van der Waals surface area (Å²) in [5.74, 6) is 2.08. The van der Waals surface area contributed by atoms with E-state index in [-0.39, 0.29) is 0 Å². The lowest BCUT2D eigenvalue weighted by Crippen LogP contribution is -3.15. The minimum absolute atomic E-state index is 0.398. The maximum Gasteiger partial charge on any atom is 0.136 e. The molecule has 0 bridgehead atoms. The molecule has 0 saturated carbocycles. The van der Waals surface area contributed by atoms with Gasteiger partial charge in [0.25, 0.3) is 0 Å². The fraction of sp³-hybridized carbons (Fsp3) is 0.774. The molecule has 2 unspecified atom stereocenters. The van der Waals surface area contributed by atoms with E-state index in [1.807, 2.05) is 0 Å². The smallest absolute Gasteiger partial charge is 0.136 e. The van der Waals surface area contributed by atoms with Crippen LogP contribution in [0.3, 0.4) is 0 Å². The lowest BCUT2D eigenvalue weighted by molar-refractivity contribution is -0.910. The fourth-order valence-electron chi connectivity index (χ4n) is 9.08. The molecule has 1 aromatic carbocycles. The minimum atomic E-state index is 0.398. The maximum absolute atomic E-state index is 6.67. The van der Waals surface area contributed by atoms with Crippen molar-refractivity contribution in [3.05, 3.63) is 53.3 Å². The van der Waals surface area contributed by atoms with Crippen molar-refractivity contribution in [2.45, 2.75) is 239 Å². The fourth-order valence-corrected chi connectivity index (χ4v) is 9.08. The average molecular weight is 774 g/mol. The van der Waals surface area contributed by atoms with Gasteiger partial charge in [-0.25, -0.2) is 0 Å². The third-order valence-electron chi connectivity index (χ3n) is 12.9. The number of nitrogens with one attached hydrogen (secondary N) is 1. The molecule has 320 valence electrons. The van der Waals surface area contributed by atoms with Crippen molar-refractivity contribution in [2.75, 3.05) is 31.1 Å². The van der Waals surface area contributed by atoms with E-state index in [0.717, 1.165) is 31.1 Å². The van der Waals surface area contributed by atoms with E-state index in [9.17, 15) is 0 Å². The van der Waals surface area contributed by atoms with Crippen LogP contribution in [0.1, 0.15) is 239 Å². The van der Waals surface area contributed by atoms with Crippen LogP contribution in [0, 0.1) is 0 Å². The number of hydrogen-bond acceptors (Lipinski definition) is 2. The van der Waals surface area contributed by atoms with Gasteiger partial charge in [0.05, 0.1) is 13.1 Å². The predicted octanol–water partition coefficient (Wildman–Crippen LogP) is 15.5. The Morgan fingerprint density at radius 1 is 0.536 bits per heavy atom. The van der Waals surface area contributed by atoms with Gasteiger partial charge >= 0.3 is 0 Å². The van der Waals surface area contributed by atoms with Crippen LogP contribution >= 0.6 is 0 Å². The van der Waals surface area contributed by atoms with Gasteiger partial charge in [0.2, 0.25) is 0 Å². The number of allylic oxidation sites excluding steroid dienone is 1. The second-order valence-corrected chi connectivity index (χ2v) is 17.8. The van der Waals surface area contributed by atoms with Crippen molar-refractivity contribution in [1.29, 1.82) is 0 Å². The Labute approximate surface area is 349 Å². The van der Waals surface area contributed by atoms with Crippen LogP contribution in [0.5, 0.6) is 5.75 Å². The molecule has 0 saturated heterocycles. The zero-order valence-electron chi connectivity index (χ0n) is 37.9. The summed E-state index contributed by atoms with van der Waals surface area (Å²) < 4.78 is 6.67.